The molecule has 2 heterocycles. The smallest absolute Gasteiger partial charge is 0.242 e. The van der Waals surface area contributed by atoms with Gasteiger partial charge in [-0.2, -0.15) is 4.98 Å². The lowest BCUT2D eigenvalue weighted by Gasteiger charge is -2.09. The van der Waals surface area contributed by atoms with E-state index in [9.17, 15) is 8.42 Å². The average molecular weight is 404 g/mol. The highest BCUT2D eigenvalue weighted by Crippen LogP contribution is 2.35. The molecule has 0 radical (unpaired) electrons. The van der Waals surface area contributed by atoms with Gasteiger partial charge in [-0.1, -0.05) is 5.16 Å². The van der Waals surface area contributed by atoms with Crippen LogP contribution in [0.1, 0.15) is 5.89 Å². The van der Waals surface area contributed by atoms with Crippen molar-refractivity contribution in [3.05, 3.63) is 42.3 Å². The first-order valence-electron chi connectivity index (χ1n) is 8.17. The van der Waals surface area contributed by atoms with E-state index in [0.717, 1.165) is 0 Å². The van der Waals surface area contributed by atoms with Crippen molar-refractivity contribution in [1.82, 2.24) is 10.1 Å². The van der Waals surface area contributed by atoms with Crippen molar-refractivity contribution in [3.8, 4) is 34.4 Å². The lowest BCUT2D eigenvalue weighted by atomic mass is 10.2. The highest BCUT2D eigenvalue weighted by atomic mass is 32.2. The van der Waals surface area contributed by atoms with Crippen molar-refractivity contribution < 1.29 is 31.9 Å². The fraction of sp³-hybridized carbons (Fsp3) is 0.222. The first-order valence-corrected chi connectivity index (χ1v) is 9.83. The molecule has 0 amide bonds. The fourth-order valence-electron chi connectivity index (χ4n) is 2.72. The van der Waals surface area contributed by atoms with Crippen LogP contribution < -0.4 is 18.9 Å². The van der Waals surface area contributed by atoms with Gasteiger partial charge in [-0.3, -0.25) is 0 Å². The first-order chi connectivity index (χ1) is 13.5. The Morgan fingerprint density at radius 3 is 2.57 bits per heavy atom. The number of rotatable bonds is 6. The Balaban J connectivity index is 1.58. The van der Waals surface area contributed by atoms with E-state index in [1.165, 1.54) is 32.4 Å². The SMILES string of the molecule is COc1ccc(S(=O)(=O)Cc2nc(-c3ccc4c(c3)OCO4)no2)cc1OC. The van der Waals surface area contributed by atoms with Gasteiger partial charge in [0.2, 0.25) is 18.5 Å². The Morgan fingerprint density at radius 2 is 1.79 bits per heavy atom. The van der Waals surface area contributed by atoms with Crippen LogP contribution in [0.4, 0.5) is 0 Å². The van der Waals surface area contributed by atoms with Gasteiger partial charge < -0.3 is 23.5 Å². The maximum Gasteiger partial charge on any atom is 0.242 e. The Bertz CT molecular complexity index is 1120. The average Bonchev–Trinajstić information content (AvgIpc) is 3.35. The summed E-state index contributed by atoms with van der Waals surface area (Å²) in [6, 6.07) is 9.53. The van der Waals surface area contributed by atoms with Crippen molar-refractivity contribution >= 4 is 9.84 Å². The highest BCUT2D eigenvalue weighted by molar-refractivity contribution is 7.90. The lowest BCUT2D eigenvalue weighted by molar-refractivity contribution is 0.174. The molecule has 146 valence electrons. The van der Waals surface area contributed by atoms with Crippen LogP contribution in [-0.2, 0) is 15.6 Å². The minimum atomic E-state index is -3.73. The van der Waals surface area contributed by atoms with Crippen LogP contribution >= 0.6 is 0 Å². The number of hydrogen-bond donors (Lipinski definition) is 0. The second kappa shape index (κ2) is 7.04. The summed E-state index contributed by atoms with van der Waals surface area (Å²) in [5, 5.41) is 3.86. The number of nitrogens with zero attached hydrogens (tertiary/aromatic N) is 2. The standard InChI is InChI=1S/C18H16N2O7S/c1-23-13-6-4-12(8-15(13)24-2)28(21,22)9-17-19-18(20-27-17)11-3-5-14-16(7-11)26-10-25-14/h3-8H,9-10H2,1-2H3. The Kier molecular flexibility index (Phi) is 4.55. The number of sulfone groups is 1. The number of hydrogen-bond acceptors (Lipinski definition) is 9. The van der Waals surface area contributed by atoms with Gasteiger partial charge >= 0.3 is 0 Å². The summed E-state index contributed by atoms with van der Waals surface area (Å²) in [7, 11) is -0.817. The molecule has 3 aromatic rings. The molecule has 2 aromatic carbocycles. The van der Waals surface area contributed by atoms with Crippen molar-refractivity contribution in [2.45, 2.75) is 10.6 Å². The monoisotopic (exact) mass is 404 g/mol. The molecule has 1 aromatic heterocycles. The fourth-order valence-corrected chi connectivity index (χ4v) is 3.89. The predicted octanol–water partition coefficient (Wildman–Crippen LogP) is 2.46. The van der Waals surface area contributed by atoms with Crippen LogP contribution in [0.5, 0.6) is 23.0 Å². The van der Waals surface area contributed by atoms with E-state index in [4.69, 9.17) is 23.5 Å². The summed E-state index contributed by atoms with van der Waals surface area (Å²) in [4.78, 5) is 4.25. The van der Waals surface area contributed by atoms with Gasteiger partial charge in [0.25, 0.3) is 0 Å². The molecule has 4 rings (SSSR count). The van der Waals surface area contributed by atoms with Crippen LogP contribution in [0.3, 0.4) is 0 Å². The molecule has 0 saturated heterocycles. The molecule has 0 N–H and O–H groups in total. The Morgan fingerprint density at radius 1 is 1.00 bits per heavy atom. The quantitative estimate of drug-likeness (QED) is 0.612. The van der Waals surface area contributed by atoms with E-state index in [2.05, 4.69) is 10.1 Å². The highest BCUT2D eigenvalue weighted by Gasteiger charge is 2.23. The van der Waals surface area contributed by atoms with Gasteiger partial charge in [0.15, 0.2) is 32.8 Å². The zero-order valence-corrected chi connectivity index (χ0v) is 15.9. The first kappa shape index (κ1) is 18.1. The van der Waals surface area contributed by atoms with Gasteiger partial charge in [-0.25, -0.2) is 8.42 Å². The van der Waals surface area contributed by atoms with E-state index >= 15 is 0 Å². The Hall–Kier alpha value is -3.27. The molecule has 0 atom stereocenters. The van der Waals surface area contributed by atoms with E-state index in [0.29, 0.717) is 28.6 Å². The number of ether oxygens (including phenoxy) is 4. The molecular weight excluding hydrogens is 388 g/mol. The van der Waals surface area contributed by atoms with Crippen LogP contribution in [0, 0.1) is 0 Å². The maximum atomic E-state index is 12.7. The number of methoxy groups -OCH3 is 2. The Labute approximate surface area is 160 Å². The third-order valence-corrected chi connectivity index (χ3v) is 5.73. The molecule has 1 aliphatic heterocycles. The molecule has 10 heteroatoms. The summed E-state index contributed by atoms with van der Waals surface area (Å²) < 4.78 is 51.4. The van der Waals surface area contributed by atoms with Crippen molar-refractivity contribution in [3.63, 3.8) is 0 Å². The number of fused-ring (bicyclic) bond motifs is 1. The van der Waals surface area contributed by atoms with Crippen LogP contribution in [-0.4, -0.2) is 39.6 Å². The van der Waals surface area contributed by atoms with Crippen LogP contribution in [0.2, 0.25) is 0 Å². The summed E-state index contributed by atoms with van der Waals surface area (Å²) in [6.45, 7) is 0.153. The molecule has 0 fully saturated rings. The van der Waals surface area contributed by atoms with Crippen molar-refractivity contribution in [2.24, 2.45) is 0 Å². The molecule has 0 saturated carbocycles. The lowest BCUT2D eigenvalue weighted by Crippen LogP contribution is -2.06. The second-order valence-electron chi connectivity index (χ2n) is 5.86. The molecule has 9 nitrogen and oxygen atoms in total. The van der Waals surface area contributed by atoms with Crippen LogP contribution in [0.15, 0.2) is 45.8 Å². The number of aromatic nitrogens is 2. The molecule has 0 aliphatic carbocycles. The van der Waals surface area contributed by atoms with E-state index in [1.54, 1.807) is 18.2 Å². The summed E-state index contributed by atoms with van der Waals surface area (Å²) >= 11 is 0. The normalized spacial score (nSPS) is 12.8. The third-order valence-electron chi connectivity index (χ3n) is 4.13. The molecule has 0 spiro atoms. The zero-order valence-electron chi connectivity index (χ0n) is 15.0. The second-order valence-corrected chi connectivity index (χ2v) is 7.85. The summed E-state index contributed by atoms with van der Waals surface area (Å²) in [5.74, 6) is 1.74. The van der Waals surface area contributed by atoms with Gasteiger partial charge in [-0.05, 0) is 30.3 Å². The minimum absolute atomic E-state index is 0.0255. The van der Waals surface area contributed by atoms with Gasteiger partial charge in [0, 0.05) is 11.6 Å². The topological polar surface area (TPSA) is 110 Å². The molecule has 0 bridgehead atoms. The summed E-state index contributed by atoms with van der Waals surface area (Å²) in [5.41, 5.74) is 0.628. The molecule has 1 aliphatic rings. The van der Waals surface area contributed by atoms with E-state index in [1.807, 2.05) is 0 Å². The van der Waals surface area contributed by atoms with E-state index in [-0.39, 0.29) is 23.4 Å². The van der Waals surface area contributed by atoms with Gasteiger partial charge in [-0.15, -0.1) is 0 Å². The minimum Gasteiger partial charge on any atom is -0.493 e. The largest absolute Gasteiger partial charge is 0.493 e. The summed E-state index contributed by atoms with van der Waals surface area (Å²) in [6.07, 6.45) is 0. The number of benzene rings is 2. The molecule has 28 heavy (non-hydrogen) atoms. The van der Waals surface area contributed by atoms with Crippen molar-refractivity contribution in [2.75, 3.05) is 21.0 Å². The third kappa shape index (κ3) is 3.33. The van der Waals surface area contributed by atoms with Gasteiger partial charge in [0.05, 0.1) is 19.1 Å². The van der Waals surface area contributed by atoms with E-state index < -0.39 is 15.6 Å². The predicted molar refractivity (Wildman–Crippen MR) is 96.3 cm³/mol. The zero-order chi connectivity index (χ0) is 19.7. The van der Waals surface area contributed by atoms with Gasteiger partial charge in [0.1, 0.15) is 5.75 Å². The van der Waals surface area contributed by atoms with Crippen molar-refractivity contribution in [1.29, 1.82) is 0 Å². The molecular formula is C18H16N2O7S. The molecule has 0 unspecified atom stereocenters. The van der Waals surface area contributed by atoms with Crippen LogP contribution in [0.25, 0.3) is 11.4 Å². The maximum absolute atomic E-state index is 12.7.